The van der Waals surface area contributed by atoms with E-state index in [0.29, 0.717) is 26.9 Å². The van der Waals surface area contributed by atoms with Crippen LogP contribution in [-0.2, 0) is 10.4 Å². The Morgan fingerprint density at radius 2 is 1.74 bits per heavy atom. The predicted octanol–water partition coefficient (Wildman–Crippen LogP) is 3.43. The molecule has 1 N–H and O–H groups in total. The first kappa shape index (κ1) is 16.0. The van der Waals surface area contributed by atoms with Crippen LogP contribution in [0.1, 0.15) is 22.3 Å². The average molecular weight is 350 g/mol. The zero-order valence-electron chi connectivity index (χ0n) is 12.2. The van der Waals surface area contributed by atoms with Crippen molar-refractivity contribution in [2.45, 2.75) is 12.0 Å². The first-order chi connectivity index (χ1) is 10.8. The summed E-state index contributed by atoms with van der Waals surface area (Å²) < 4.78 is 0. The van der Waals surface area contributed by atoms with E-state index in [1.807, 2.05) is 0 Å². The molecule has 1 atom stereocenters. The molecule has 0 spiro atoms. The van der Waals surface area contributed by atoms with Gasteiger partial charge >= 0.3 is 0 Å². The summed E-state index contributed by atoms with van der Waals surface area (Å²) in [5, 5.41) is 11.8. The van der Waals surface area contributed by atoms with Gasteiger partial charge in [0.25, 0.3) is 5.91 Å². The second-order valence-corrected chi connectivity index (χ2v) is 6.37. The minimum Gasteiger partial charge on any atom is -0.375 e. The molecule has 2 aromatic rings. The molecule has 0 unspecified atom stereocenters. The van der Waals surface area contributed by atoms with Gasteiger partial charge in [0.05, 0.1) is 12.1 Å². The van der Waals surface area contributed by atoms with Gasteiger partial charge in [-0.25, -0.2) is 0 Å². The van der Waals surface area contributed by atoms with Gasteiger partial charge in [-0.1, -0.05) is 23.2 Å². The van der Waals surface area contributed by atoms with Crippen molar-refractivity contribution in [3.63, 3.8) is 0 Å². The molecular formula is C17H13Cl2NO3. The van der Waals surface area contributed by atoms with E-state index in [0.717, 1.165) is 0 Å². The summed E-state index contributed by atoms with van der Waals surface area (Å²) in [5.41, 5.74) is -0.634. The molecule has 3 rings (SSSR count). The number of carbonyl (C=O) groups is 2. The average Bonchev–Trinajstić information content (AvgIpc) is 2.70. The standard InChI is InChI=1S/C17H13Cl2NO3/c1-20-14-7-6-12(19)8-13(14)17(23,16(20)22)9-15(21)10-2-4-11(18)5-3-10/h2-8,23H,9H2,1H3/t17-/m0/s1. The maximum absolute atomic E-state index is 12.5. The van der Waals surface area contributed by atoms with Gasteiger partial charge in [-0.05, 0) is 42.5 Å². The molecule has 0 aromatic heterocycles. The van der Waals surface area contributed by atoms with Crippen molar-refractivity contribution in [1.82, 2.24) is 0 Å². The van der Waals surface area contributed by atoms with Crippen LogP contribution < -0.4 is 4.90 Å². The highest BCUT2D eigenvalue weighted by atomic mass is 35.5. The Kier molecular flexibility index (Phi) is 3.92. The number of ketones is 1. The monoisotopic (exact) mass is 349 g/mol. The number of benzene rings is 2. The third-order valence-electron chi connectivity index (χ3n) is 4.01. The molecule has 2 aromatic carbocycles. The summed E-state index contributed by atoms with van der Waals surface area (Å²) in [6.45, 7) is 0. The predicted molar refractivity (Wildman–Crippen MR) is 89.2 cm³/mol. The second kappa shape index (κ2) is 5.64. The van der Waals surface area contributed by atoms with Gasteiger partial charge in [-0.15, -0.1) is 0 Å². The summed E-state index contributed by atoms with van der Waals surface area (Å²) in [4.78, 5) is 26.3. The van der Waals surface area contributed by atoms with Crippen LogP contribution in [0.15, 0.2) is 42.5 Å². The number of Topliss-reactive ketones (excluding diaryl/α,β-unsaturated/α-hetero) is 1. The Balaban J connectivity index is 1.98. The summed E-state index contributed by atoms with van der Waals surface area (Å²) in [6, 6.07) is 11.1. The first-order valence-corrected chi connectivity index (χ1v) is 7.68. The summed E-state index contributed by atoms with van der Waals surface area (Å²) >= 11 is 11.8. The zero-order chi connectivity index (χ0) is 16.8. The lowest BCUT2D eigenvalue weighted by molar-refractivity contribution is -0.135. The van der Waals surface area contributed by atoms with Crippen LogP contribution in [0.5, 0.6) is 0 Å². The van der Waals surface area contributed by atoms with Crippen molar-refractivity contribution < 1.29 is 14.7 Å². The smallest absolute Gasteiger partial charge is 0.263 e. The molecule has 4 nitrogen and oxygen atoms in total. The highest BCUT2D eigenvalue weighted by Crippen LogP contribution is 2.43. The van der Waals surface area contributed by atoms with Gasteiger partial charge in [-0.3, -0.25) is 9.59 Å². The molecule has 0 saturated carbocycles. The lowest BCUT2D eigenvalue weighted by Gasteiger charge is -2.21. The Hall–Kier alpha value is -1.88. The Morgan fingerprint density at radius 3 is 2.39 bits per heavy atom. The highest BCUT2D eigenvalue weighted by molar-refractivity contribution is 6.31. The molecule has 1 aliphatic rings. The van der Waals surface area contributed by atoms with Crippen LogP contribution in [0.3, 0.4) is 0 Å². The van der Waals surface area contributed by atoms with E-state index >= 15 is 0 Å². The van der Waals surface area contributed by atoms with Crippen LogP contribution in [0, 0.1) is 0 Å². The number of anilines is 1. The molecule has 6 heteroatoms. The maximum Gasteiger partial charge on any atom is 0.263 e. The summed E-state index contributed by atoms with van der Waals surface area (Å²) in [7, 11) is 1.56. The van der Waals surface area contributed by atoms with Gasteiger partial charge in [-0.2, -0.15) is 0 Å². The first-order valence-electron chi connectivity index (χ1n) is 6.92. The lowest BCUT2D eigenvalue weighted by atomic mass is 9.88. The fraction of sp³-hybridized carbons (Fsp3) is 0.176. The summed E-state index contributed by atoms with van der Waals surface area (Å²) in [6.07, 6.45) is -0.356. The minimum absolute atomic E-state index is 0.347. The van der Waals surface area contributed by atoms with Crippen molar-refractivity contribution in [3.05, 3.63) is 63.6 Å². The van der Waals surface area contributed by atoms with Crippen molar-refractivity contribution >= 4 is 40.6 Å². The van der Waals surface area contributed by atoms with Crippen molar-refractivity contribution in [3.8, 4) is 0 Å². The molecule has 1 aliphatic heterocycles. The van der Waals surface area contributed by atoms with Gasteiger partial charge in [0.1, 0.15) is 0 Å². The molecule has 1 heterocycles. The summed E-state index contributed by atoms with van der Waals surface area (Å²) in [5.74, 6) is -0.893. The fourth-order valence-electron chi connectivity index (χ4n) is 2.78. The van der Waals surface area contributed by atoms with Gasteiger partial charge in [0.15, 0.2) is 11.4 Å². The number of likely N-dealkylation sites (N-methyl/N-ethyl adjacent to an activating group) is 1. The minimum atomic E-state index is -1.91. The number of amides is 1. The van der Waals surface area contributed by atoms with Crippen molar-refractivity contribution in [1.29, 1.82) is 0 Å². The van der Waals surface area contributed by atoms with E-state index in [1.165, 1.54) is 11.0 Å². The third kappa shape index (κ3) is 2.63. The highest BCUT2D eigenvalue weighted by Gasteiger charge is 2.49. The maximum atomic E-state index is 12.5. The van der Waals surface area contributed by atoms with Gasteiger partial charge < -0.3 is 10.0 Å². The van der Waals surface area contributed by atoms with Crippen LogP contribution in [0.4, 0.5) is 5.69 Å². The van der Waals surface area contributed by atoms with Crippen molar-refractivity contribution in [2.24, 2.45) is 0 Å². The molecule has 1 amide bonds. The largest absolute Gasteiger partial charge is 0.375 e. The number of carbonyl (C=O) groups excluding carboxylic acids is 2. The van der Waals surface area contributed by atoms with Crippen LogP contribution in [0.2, 0.25) is 10.0 Å². The second-order valence-electron chi connectivity index (χ2n) is 5.49. The van der Waals surface area contributed by atoms with Gasteiger partial charge in [0.2, 0.25) is 0 Å². The quantitative estimate of drug-likeness (QED) is 0.863. The van der Waals surface area contributed by atoms with E-state index in [-0.39, 0.29) is 12.2 Å². The SMILES string of the molecule is CN1C(=O)[C@](O)(CC(=O)c2ccc(Cl)cc2)c2cc(Cl)ccc21. The molecule has 0 fully saturated rings. The number of halogens is 2. The van der Waals surface area contributed by atoms with Crippen LogP contribution in [0.25, 0.3) is 0 Å². The third-order valence-corrected chi connectivity index (χ3v) is 4.49. The Bertz CT molecular complexity index is 804. The van der Waals surface area contributed by atoms with E-state index in [4.69, 9.17) is 23.2 Å². The lowest BCUT2D eigenvalue weighted by Crippen LogP contribution is -2.40. The number of nitrogens with zero attached hydrogens (tertiary/aromatic N) is 1. The topological polar surface area (TPSA) is 57.6 Å². The molecule has 0 bridgehead atoms. The molecule has 0 saturated heterocycles. The molecule has 118 valence electrons. The van der Waals surface area contributed by atoms with Crippen LogP contribution in [-0.4, -0.2) is 23.8 Å². The number of aliphatic hydroxyl groups is 1. The number of rotatable bonds is 3. The zero-order valence-corrected chi connectivity index (χ0v) is 13.7. The van der Waals surface area contributed by atoms with Crippen LogP contribution >= 0.6 is 23.2 Å². The van der Waals surface area contributed by atoms with Gasteiger partial charge in [0, 0.05) is 28.2 Å². The fourth-order valence-corrected chi connectivity index (χ4v) is 3.07. The van der Waals surface area contributed by atoms with Crippen molar-refractivity contribution in [2.75, 3.05) is 11.9 Å². The number of hydrogen-bond donors (Lipinski definition) is 1. The molecule has 23 heavy (non-hydrogen) atoms. The van der Waals surface area contributed by atoms with E-state index in [9.17, 15) is 14.7 Å². The number of fused-ring (bicyclic) bond motifs is 1. The van der Waals surface area contributed by atoms with E-state index < -0.39 is 11.5 Å². The molecule has 0 radical (unpaired) electrons. The Labute approximate surface area is 143 Å². The molecule has 0 aliphatic carbocycles. The van der Waals surface area contributed by atoms with E-state index in [1.54, 1.807) is 43.4 Å². The normalized spacial score (nSPS) is 19.8. The van der Waals surface area contributed by atoms with E-state index in [2.05, 4.69) is 0 Å². The Morgan fingerprint density at radius 1 is 1.13 bits per heavy atom. The number of hydrogen-bond acceptors (Lipinski definition) is 3. The molecular weight excluding hydrogens is 337 g/mol.